The number of unbranched alkanes of at least 4 members (excludes halogenated alkanes) is 3. The number of rotatable bonds is 40. The Bertz CT molecular complexity index is 2720. The quantitative estimate of drug-likeness (QED) is 0.0309. The number of aliphatic carboxylic acids is 1. The minimum absolute atomic E-state index is 0.0172. The van der Waals surface area contributed by atoms with Crippen LogP contribution in [-0.2, 0) is 60.7 Å². The van der Waals surface area contributed by atoms with Crippen LogP contribution < -0.4 is 21.7 Å². The number of aromatic nitrogens is 1. The number of alkyl carbamates (subject to hydrolysis) is 1. The normalized spacial score (nSPS) is 17.0. The Morgan fingerprint density at radius 1 is 0.852 bits per heavy atom. The lowest BCUT2D eigenvalue weighted by Gasteiger charge is -2.39. The summed E-state index contributed by atoms with van der Waals surface area (Å²) in [6.45, 7) is 18.3. The lowest BCUT2D eigenvalue weighted by Crippen LogP contribution is -2.50. The molecule has 8 atom stereocenters. The van der Waals surface area contributed by atoms with Gasteiger partial charge in [0.2, 0.25) is 17.7 Å². The minimum atomic E-state index is -1.28. The second kappa shape index (κ2) is 36.1. The Kier molecular flexibility index (Phi) is 30.3. The average molecular weight is 1250 g/mol. The molecule has 488 valence electrons. The van der Waals surface area contributed by atoms with Crippen LogP contribution in [0.1, 0.15) is 204 Å². The number of nitrogens with two attached hydrogens (primary N) is 1. The number of Topliss-reactive ketones (excluding diaryl/α,β-unsaturated/α-hetero) is 3. The summed E-state index contributed by atoms with van der Waals surface area (Å²) in [5.41, 5.74) is 5.48. The number of carbonyl (C=O) groups is 11. The Morgan fingerprint density at radius 2 is 1.51 bits per heavy atom. The molecule has 1 aromatic heterocycles. The third kappa shape index (κ3) is 23.0. The van der Waals surface area contributed by atoms with Gasteiger partial charge in [-0.3, -0.25) is 57.7 Å². The Labute approximate surface area is 524 Å². The fourth-order valence-corrected chi connectivity index (χ4v) is 12.5. The zero-order valence-corrected chi connectivity index (χ0v) is 54.8. The van der Waals surface area contributed by atoms with Gasteiger partial charge in [0, 0.05) is 100 Å². The molecule has 2 aromatic rings. The number of carboxylic acid groups (broad SMARTS) is 1. The summed E-state index contributed by atoms with van der Waals surface area (Å²) in [4.78, 5) is 155. The van der Waals surface area contributed by atoms with Gasteiger partial charge >= 0.3 is 12.1 Å². The fourth-order valence-electron chi connectivity index (χ4n) is 11.6. The summed E-state index contributed by atoms with van der Waals surface area (Å²) in [6, 6.07) is 4.75. The molecule has 7 amide bonds. The standard InChI is InChI=1S/C66H100N8O13S/c1-12-31-73(63(83)49(43(7)13-2)37-55(77)52-23-18-20-32-72(52)11)53(42(5)6)38-56(87-65(86)68-10)62-71-51(40-88-62)61(82)69-46(39-66(8,9)64(84)85)34-44-25-27-45(28-26-44)35-54(76)50(22-16-17-24-57(67)78)70-60(81)48(41(3)4)36-47(75)21-15-14-19-33-74-58(79)29-30-59(74)80/h25-30,40-43,46,48-50,52-53,56H,12-24,31-39H2,1-11H3,(H2,67,78)(H,68,86)(H,69,82)(H,70,81)(H,84,85)/t43-,46-,48-,49-,50-,52+,53+,56+/m0/s1. The number of ether oxygens (including phenoxy) is 1. The molecule has 3 heterocycles. The predicted molar refractivity (Wildman–Crippen MR) is 336 cm³/mol. The van der Waals surface area contributed by atoms with E-state index in [-0.39, 0.29) is 129 Å². The molecular weight excluding hydrogens is 1140 g/mol. The lowest BCUT2D eigenvalue weighted by atomic mass is 9.82. The number of likely N-dealkylation sites (N-methyl/N-ethyl adjacent to an activating group) is 1. The van der Waals surface area contributed by atoms with E-state index in [1.807, 2.05) is 60.4 Å². The maximum Gasteiger partial charge on any atom is 0.407 e. The second-order valence-corrected chi connectivity index (χ2v) is 26.4. The van der Waals surface area contributed by atoms with Gasteiger partial charge in [0.05, 0.1) is 17.5 Å². The molecule has 2 aliphatic heterocycles. The molecule has 88 heavy (non-hydrogen) atoms. The monoisotopic (exact) mass is 1240 g/mol. The number of piperidine rings is 1. The van der Waals surface area contributed by atoms with E-state index in [2.05, 4.69) is 20.9 Å². The number of hydrogen-bond donors (Lipinski definition) is 5. The molecule has 6 N–H and O–H groups in total. The molecule has 0 spiro atoms. The van der Waals surface area contributed by atoms with Gasteiger partial charge in [0.1, 0.15) is 16.5 Å². The van der Waals surface area contributed by atoms with Gasteiger partial charge in [0.15, 0.2) is 17.7 Å². The second-order valence-electron chi connectivity index (χ2n) is 25.5. The van der Waals surface area contributed by atoms with E-state index in [1.165, 1.54) is 19.2 Å². The van der Waals surface area contributed by atoms with Gasteiger partial charge in [-0.05, 0) is 114 Å². The first-order valence-corrected chi connectivity index (χ1v) is 32.6. The number of nitrogens with one attached hydrogen (secondary N) is 3. The number of carbonyl (C=O) groups excluding carboxylic acids is 10. The molecule has 0 unspecified atom stereocenters. The summed E-state index contributed by atoms with van der Waals surface area (Å²) < 4.78 is 5.98. The van der Waals surface area contributed by atoms with E-state index in [0.717, 1.165) is 47.6 Å². The van der Waals surface area contributed by atoms with Crippen LogP contribution in [0.5, 0.6) is 0 Å². The van der Waals surface area contributed by atoms with Crippen molar-refractivity contribution in [2.45, 2.75) is 215 Å². The molecule has 1 aromatic carbocycles. The topological polar surface area (TPSA) is 302 Å². The first-order chi connectivity index (χ1) is 41.6. The van der Waals surface area contributed by atoms with Crippen molar-refractivity contribution < 1.29 is 62.6 Å². The largest absolute Gasteiger partial charge is 0.481 e. The zero-order chi connectivity index (χ0) is 65.4. The molecule has 1 fully saturated rings. The molecule has 0 bridgehead atoms. The summed E-state index contributed by atoms with van der Waals surface area (Å²) in [5, 5.41) is 20.5. The first-order valence-electron chi connectivity index (χ1n) is 31.8. The van der Waals surface area contributed by atoms with Gasteiger partial charge in [-0.25, -0.2) is 9.78 Å². The van der Waals surface area contributed by atoms with Crippen LogP contribution in [0.25, 0.3) is 0 Å². The molecule has 4 rings (SSSR count). The van der Waals surface area contributed by atoms with Crippen LogP contribution in [0.3, 0.4) is 0 Å². The van der Waals surface area contributed by atoms with Gasteiger partial charge in [0.25, 0.3) is 17.7 Å². The highest BCUT2D eigenvalue weighted by Crippen LogP contribution is 2.34. The lowest BCUT2D eigenvalue weighted by molar-refractivity contribution is -0.147. The predicted octanol–water partition coefficient (Wildman–Crippen LogP) is 8.50. The van der Waals surface area contributed by atoms with E-state index < -0.39 is 71.3 Å². The SMILES string of the molecule is CCCN(C(=O)[C@@H](CC(=O)[C@H]1CCCCN1C)[C@@H](C)CC)[C@H](C[C@@H](OC(=O)NC)c1nc(C(=O)N[C@@H](Cc2ccc(CC(=O)[C@H](CCCCC(N)=O)NC(=O)[C@@H](CC(=O)CCCCCN3C(=O)C=CC3=O)C(C)C)cc2)CC(C)(C)C(=O)O)cs1)C(C)C. The van der Waals surface area contributed by atoms with Crippen LogP contribution in [-0.4, -0.2) is 148 Å². The average Bonchev–Trinajstić information content (AvgIpc) is 3.72. The summed E-state index contributed by atoms with van der Waals surface area (Å²) in [7, 11) is 3.40. The van der Waals surface area contributed by atoms with E-state index >= 15 is 0 Å². The number of amides is 7. The number of carboxylic acids is 1. The maximum atomic E-state index is 14.9. The van der Waals surface area contributed by atoms with Gasteiger partial charge in [-0.15, -0.1) is 11.3 Å². The van der Waals surface area contributed by atoms with Crippen molar-refractivity contribution in [3.8, 4) is 0 Å². The van der Waals surface area contributed by atoms with Crippen molar-refractivity contribution in [1.29, 1.82) is 0 Å². The van der Waals surface area contributed by atoms with E-state index in [1.54, 1.807) is 43.5 Å². The van der Waals surface area contributed by atoms with E-state index in [4.69, 9.17) is 15.5 Å². The molecule has 1 saturated heterocycles. The smallest absolute Gasteiger partial charge is 0.407 e. The highest BCUT2D eigenvalue weighted by molar-refractivity contribution is 7.09. The van der Waals surface area contributed by atoms with Crippen molar-refractivity contribution in [3.05, 3.63) is 63.6 Å². The number of primary amides is 1. The van der Waals surface area contributed by atoms with Crippen LogP contribution in [0.2, 0.25) is 0 Å². The molecular formula is C66H100N8O13S. The van der Waals surface area contributed by atoms with E-state index in [9.17, 15) is 57.8 Å². The summed E-state index contributed by atoms with van der Waals surface area (Å²) in [5.74, 6) is -5.43. The number of benzene rings is 1. The Hall–Kier alpha value is -6.68. The highest BCUT2D eigenvalue weighted by Gasteiger charge is 2.40. The Morgan fingerprint density at radius 3 is 2.10 bits per heavy atom. The van der Waals surface area contributed by atoms with Gasteiger partial charge in [-0.2, -0.15) is 0 Å². The molecule has 21 nitrogen and oxygen atoms in total. The van der Waals surface area contributed by atoms with Crippen LogP contribution in [0.4, 0.5) is 4.79 Å². The maximum absolute atomic E-state index is 14.9. The third-order valence-corrected chi connectivity index (χ3v) is 18.3. The van der Waals surface area contributed by atoms with Crippen molar-refractivity contribution in [1.82, 2.24) is 35.6 Å². The minimum Gasteiger partial charge on any atom is -0.481 e. The highest BCUT2D eigenvalue weighted by atomic mass is 32.1. The third-order valence-electron chi connectivity index (χ3n) is 17.3. The van der Waals surface area contributed by atoms with Crippen molar-refractivity contribution in [2.24, 2.45) is 40.7 Å². The molecule has 0 saturated carbocycles. The van der Waals surface area contributed by atoms with Crippen LogP contribution in [0, 0.1) is 35.0 Å². The number of nitrogens with zero attached hydrogens (tertiary/aromatic N) is 4. The van der Waals surface area contributed by atoms with Crippen molar-refractivity contribution in [2.75, 3.05) is 33.7 Å². The number of ketones is 3. The van der Waals surface area contributed by atoms with Gasteiger partial charge in [-0.1, -0.05) is 98.4 Å². The number of likely N-dealkylation sites (tertiary alicyclic amines) is 1. The molecule has 0 radical (unpaired) electrons. The first kappa shape index (κ1) is 73.8. The number of hydrogen-bond acceptors (Lipinski definition) is 15. The van der Waals surface area contributed by atoms with Crippen LogP contribution >= 0.6 is 11.3 Å². The number of thiazole rings is 1. The van der Waals surface area contributed by atoms with E-state index in [0.29, 0.717) is 62.1 Å². The van der Waals surface area contributed by atoms with Crippen molar-refractivity contribution in [3.63, 3.8) is 0 Å². The fraction of sp³-hybridized carbons (Fsp3) is 0.667. The summed E-state index contributed by atoms with van der Waals surface area (Å²) in [6.07, 6.45) is 8.30. The molecule has 0 aliphatic carbocycles. The van der Waals surface area contributed by atoms with Crippen molar-refractivity contribution >= 4 is 76.2 Å². The Balaban J connectivity index is 1.51. The number of imide groups is 1. The zero-order valence-electron chi connectivity index (χ0n) is 54.0. The molecule has 2 aliphatic rings. The van der Waals surface area contributed by atoms with Gasteiger partial charge < -0.3 is 36.4 Å². The molecule has 22 heteroatoms. The van der Waals surface area contributed by atoms with Crippen LogP contribution in [0.15, 0.2) is 41.8 Å². The summed E-state index contributed by atoms with van der Waals surface area (Å²) >= 11 is 1.12.